The molecule has 8 rings (SSSR count). The minimum Gasteiger partial charge on any atom is -0.488 e. The van der Waals surface area contributed by atoms with Gasteiger partial charge in [-0.05, 0) is 68.0 Å². The smallest absolute Gasteiger partial charge is 0.329 e. The first-order valence-electron chi connectivity index (χ1n) is 20.6. The van der Waals surface area contributed by atoms with Crippen molar-refractivity contribution in [2.45, 2.75) is 50.5 Å². The van der Waals surface area contributed by atoms with Crippen LogP contribution in [0.1, 0.15) is 66.4 Å². The number of fused-ring (bicyclic) bond motifs is 2. The third-order valence-corrected chi connectivity index (χ3v) is 12.6. The molecule has 0 aliphatic carbocycles. The molecule has 0 spiro atoms. The van der Waals surface area contributed by atoms with Crippen LogP contribution in [0.15, 0.2) is 66.7 Å². The van der Waals surface area contributed by atoms with Crippen LogP contribution in [0.25, 0.3) is 22.0 Å². The first-order valence-corrected chi connectivity index (χ1v) is 21.0. The summed E-state index contributed by atoms with van der Waals surface area (Å²) in [6.07, 6.45) is 4.15. The molecule has 2 saturated heterocycles. The number of aliphatic hydroxyl groups is 1. The van der Waals surface area contributed by atoms with Gasteiger partial charge in [0, 0.05) is 73.7 Å². The van der Waals surface area contributed by atoms with Crippen LogP contribution in [0, 0.1) is 17.6 Å². The number of hydrogen-bond acceptors (Lipinski definition) is 9. The van der Waals surface area contributed by atoms with Crippen LogP contribution in [0.5, 0.6) is 11.5 Å². The Labute approximate surface area is 356 Å². The number of aliphatic hydroxyl groups excluding tert-OH is 1. The minimum atomic E-state index is -1.07. The predicted octanol–water partition coefficient (Wildman–Crippen LogP) is 6.77. The molecule has 4 heterocycles. The first-order chi connectivity index (χ1) is 29.4. The number of primary amides is 1. The predicted molar refractivity (Wildman–Crippen MR) is 228 cm³/mol. The lowest BCUT2D eigenvalue weighted by atomic mass is 9.77. The summed E-state index contributed by atoms with van der Waals surface area (Å²) in [6.45, 7) is 4.32. The molecule has 16 heteroatoms. The van der Waals surface area contributed by atoms with Crippen molar-refractivity contribution < 1.29 is 37.7 Å². The SMILES string of the molecule is C[C@H]1c2c(cc(F)c(Cl)c2-c2c(C(N)=O)ccc(OCCO)c2F)O[C@]1(CNCCC[C@@H]1CCCN(c2cccc3c(N4CCC(=O)NC4=O)nn(C)c23)C1)c1ccccc1. The van der Waals surface area contributed by atoms with Gasteiger partial charge in [0.25, 0.3) is 0 Å². The summed E-state index contributed by atoms with van der Waals surface area (Å²) in [5.74, 6) is -2.71. The largest absolute Gasteiger partial charge is 0.488 e. The van der Waals surface area contributed by atoms with Crippen LogP contribution in [0.2, 0.25) is 5.02 Å². The molecule has 3 aliphatic rings. The highest BCUT2D eigenvalue weighted by atomic mass is 35.5. The molecule has 320 valence electrons. The second-order valence-corrected chi connectivity index (χ2v) is 16.3. The van der Waals surface area contributed by atoms with Crippen molar-refractivity contribution in [2.75, 3.05) is 55.7 Å². The van der Waals surface area contributed by atoms with E-state index in [9.17, 15) is 19.5 Å². The van der Waals surface area contributed by atoms with E-state index in [0.29, 0.717) is 30.4 Å². The van der Waals surface area contributed by atoms with Gasteiger partial charge in [0.2, 0.25) is 11.8 Å². The number of piperidine rings is 1. The van der Waals surface area contributed by atoms with Crippen molar-refractivity contribution in [1.82, 2.24) is 20.4 Å². The number of rotatable bonds is 14. The van der Waals surface area contributed by atoms with Crippen molar-refractivity contribution in [1.29, 1.82) is 0 Å². The zero-order chi connectivity index (χ0) is 43.0. The molecule has 5 aromatic rings. The van der Waals surface area contributed by atoms with E-state index in [1.54, 1.807) is 0 Å². The number of nitrogens with one attached hydrogen (secondary N) is 2. The lowest BCUT2D eigenvalue weighted by molar-refractivity contribution is -0.120. The van der Waals surface area contributed by atoms with Crippen LogP contribution in [-0.2, 0) is 17.4 Å². The highest BCUT2D eigenvalue weighted by Crippen LogP contribution is 2.56. The van der Waals surface area contributed by atoms with Crippen molar-refractivity contribution in [3.05, 3.63) is 100 Å². The Morgan fingerprint density at radius 2 is 1.92 bits per heavy atom. The Balaban J connectivity index is 0.999. The van der Waals surface area contributed by atoms with Crippen molar-refractivity contribution in [2.24, 2.45) is 18.7 Å². The number of para-hydroxylation sites is 1. The molecule has 5 N–H and O–H groups in total. The van der Waals surface area contributed by atoms with Crippen molar-refractivity contribution in [3.63, 3.8) is 0 Å². The Morgan fingerprint density at radius 1 is 1.11 bits per heavy atom. The maximum absolute atomic E-state index is 16.4. The van der Waals surface area contributed by atoms with Gasteiger partial charge < -0.3 is 30.5 Å². The number of imide groups is 1. The molecule has 4 amide bonds. The van der Waals surface area contributed by atoms with Crippen molar-refractivity contribution >= 4 is 51.9 Å². The highest BCUT2D eigenvalue weighted by molar-refractivity contribution is 6.34. The molecule has 4 aromatic carbocycles. The van der Waals surface area contributed by atoms with Crippen LogP contribution in [-0.4, -0.2) is 78.7 Å². The number of anilines is 2. The number of ether oxygens (including phenoxy) is 2. The normalized spacial score (nSPS) is 20.2. The number of aromatic nitrogens is 2. The average molecular weight is 856 g/mol. The van der Waals surface area contributed by atoms with Gasteiger partial charge in [0.05, 0.1) is 28.4 Å². The van der Waals surface area contributed by atoms with Gasteiger partial charge in [-0.25, -0.2) is 13.6 Å². The van der Waals surface area contributed by atoms with E-state index in [1.165, 1.54) is 23.1 Å². The van der Waals surface area contributed by atoms with Crippen LogP contribution < -0.4 is 35.6 Å². The van der Waals surface area contributed by atoms with E-state index in [2.05, 4.69) is 21.6 Å². The van der Waals surface area contributed by atoms with Crippen LogP contribution in [0.4, 0.5) is 25.1 Å². The molecule has 2 fully saturated rings. The van der Waals surface area contributed by atoms with Gasteiger partial charge in [-0.1, -0.05) is 54.9 Å². The molecule has 13 nitrogen and oxygen atoms in total. The van der Waals surface area contributed by atoms with Gasteiger partial charge in [-0.3, -0.25) is 24.5 Å². The standard InChI is InChI=1S/C45H48ClF2N7O6/c1-26-36-34(23-31(47)39(46)38(36)37-29(42(49)58)15-16-33(40(37)48)60-22-21-56)61-45(26,28-11-4-3-5-12-28)25-50-18-7-9-27-10-8-19-54(24-27)32-14-6-13-30-41(32)53(2)52-43(30)55-20-17-35(57)51-44(55)59/h3-6,11-16,23,26-27,50,56H,7-10,17-22,24-25H2,1-2H3,(H2,49,58)(H,51,57,59)/t26-,27+,45-/m0/s1. The van der Waals surface area contributed by atoms with E-state index < -0.39 is 35.1 Å². The monoisotopic (exact) mass is 855 g/mol. The molecule has 0 unspecified atom stereocenters. The van der Waals surface area contributed by atoms with Gasteiger partial charge in [-0.15, -0.1) is 0 Å². The summed E-state index contributed by atoms with van der Waals surface area (Å²) in [7, 11) is 1.88. The molecular formula is C45H48ClF2N7O6. The summed E-state index contributed by atoms with van der Waals surface area (Å²) in [4.78, 5) is 41.2. The number of carbonyl (C=O) groups is 3. The first kappa shape index (κ1) is 41.9. The number of carbonyl (C=O) groups excluding carboxylic acids is 3. The minimum absolute atomic E-state index is 0.0453. The Hall–Kier alpha value is -5.77. The second kappa shape index (κ2) is 17.3. The molecule has 0 saturated carbocycles. The topological polar surface area (TPSA) is 164 Å². The third kappa shape index (κ3) is 7.74. The van der Waals surface area contributed by atoms with Crippen LogP contribution in [0.3, 0.4) is 0 Å². The number of nitrogens with zero attached hydrogens (tertiary/aromatic N) is 4. The Kier molecular flexibility index (Phi) is 11.9. The zero-order valence-electron chi connectivity index (χ0n) is 34.0. The molecule has 3 atom stereocenters. The van der Waals surface area contributed by atoms with Gasteiger partial charge in [-0.2, -0.15) is 5.10 Å². The quantitative estimate of drug-likeness (QED) is 0.0884. The maximum atomic E-state index is 16.4. The fraction of sp³-hybridized carbons (Fsp3) is 0.378. The molecule has 61 heavy (non-hydrogen) atoms. The summed E-state index contributed by atoms with van der Waals surface area (Å²) in [5, 5.41) is 20.5. The number of benzene rings is 4. The average Bonchev–Trinajstić information content (AvgIpc) is 3.74. The number of aryl methyl sites for hydroxylation is 1. The van der Waals surface area contributed by atoms with Gasteiger partial charge in [0.1, 0.15) is 18.2 Å². The number of hydrogen-bond donors (Lipinski definition) is 4. The highest BCUT2D eigenvalue weighted by Gasteiger charge is 2.50. The van der Waals surface area contributed by atoms with Crippen LogP contribution >= 0.6 is 11.6 Å². The van der Waals surface area contributed by atoms with Crippen molar-refractivity contribution in [3.8, 4) is 22.6 Å². The zero-order valence-corrected chi connectivity index (χ0v) is 34.7. The molecule has 0 radical (unpaired) electrons. The molecule has 3 aliphatic heterocycles. The number of amides is 4. The maximum Gasteiger partial charge on any atom is 0.329 e. The molecule has 1 aromatic heterocycles. The number of halogens is 3. The van der Waals surface area contributed by atoms with E-state index in [-0.39, 0.29) is 65.3 Å². The van der Waals surface area contributed by atoms with E-state index in [4.69, 9.17) is 31.9 Å². The summed E-state index contributed by atoms with van der Waals surface area (Å²) in [6, 6.07) is 18.9. The fourth-order valence-electron chi connectivity index (χ4n) is 9.32. The number of nitrogens with two attached hydrogens (primary N) is 1. The Bertz CT molecular complexity index is 2500. The summed E-state index contributed by atoms with van der Waals surface area (Å²) < 4.78 is 46.2. The van der Waals surface area contributed by atoms with E-state index >= 15 is 8.78 Å². The lowest BCUT2D eigenvalue weighted by Crippen LogP contribution is -2.49. The second-order valence-electron chi connectivity index (χ2n) is 15.9. The summed E-state index contributed by atoms with van der Waals surface area (Å²) in [5.41, 5.74) is 7.33. The third-order valence-electron chi connectivity index (χ3n) is 12.2. The Morgan fingerprint density at radius 3 is 2.67 bits per heavy atom. The summed E-state index contributed by atoms with van der Waals surface area (Å²) >= 11 is 6.69. The van der Waals surface area contributed by atoms with Gasteiger partial charge >= 0.3 is 6.03 Å². The van der Waals surface area contributed by atoms with E-state index in [0.717, 1.165) is 60.9 Å². The fourth-order valence-corrected chi connectivity index (χ4v) is 9.57. The molecular weight excluding hydrogens is 808 g/mol. The van der Waals surface area contributed by atoms with E-state index in [1.807, 2.05) is 61.1 Å². The lowest BCUT2D eigenvalue weighted by Gasteiger charge is -2.35. The molecule has 0 bridgehead atoms. The van der Waals surface area contributed by atoms with Gasteiger partial charge in [0.15, 0.2) is 23.0 Å². The number of urea groups is 1.